The second-order valence-corrected chi connectivity index (χ2v) is 5.70. The molecule has 5 nitrogen and oxygen atoms in total. The number of para-hydroxylation sites is 1. The number of aryl methyl sites for hydroxylation is 1. The highest BCUT2D eigenvalue weighted by atomic mass is 19.1. The van der Waals surface area contributed by atoms with Crippen LogP contribution in [0.5, 0.6) is 5.75 Å². The molecule has 2 aromatic carbocycles. The van der Waals surface area contributed by atoms with E-state index in [0.29, 0.717) is 5.82 Å². The third-order valence-corrected chi connectivity index (χ3v) is 3.80. The molecule has 0 radical (unpaired) electrons. The standard InChI is InChI=1S/C19H13F2N3O2/c1-11-8-14(13-4-2-3-5-16(13)22-11)19-23-18(26-24-19)10-25-17-7-6-12(20)9-15(17)21/h2-9H,10H2,1H3. The van der Waals surface area contributed by atoms with Crippen molar-refractivity contribution in [2.75, 3.05) is 0 Å². The van der Waals surface area contributed by atoms with Gasteiger partial charge in [-0.1, -0.05) is 23.4 Å². The SMILES string of the molecule is Cc1cc(-c2noc(COc3ccc(F)cc3F)n2)c2ccccc2n1. The molecule has 0 aliphatic rings. The fourth-order valence-corrected chi connectivity index (χ4v) is 2.65. The van der Waals surface area contributed by atoms with Crippen LogP contribution >= 0.6 is 0 Å². The van der Waals surface area contributed by atoms with E-state index in [0.717, 1.165) is 34.3 Å². The van der Waals surface area contributed by atoms with Crippen molar-refractivity contribution in [2.24, 2.45) is 0 Å². The zero-order valence-electron chi connectivity index (χ0n) is 13.7. The molecule has 0 aliphatic heterocycles. The van der Waals surface area contributed by atoms with E-state index < -0.39 is 11.6 Å². The second-order valence-electron chi connectivity index (χ2n) is 5.70. The van der Waals surface area contributed by atoms with Gasteiger partial charge in [0.15, 0.2) is 18.2 Å². The zero-order valence-corrected chi connectivity index (χ0v) is 13.7. The molecule has 4 rings (SSSR count). The van der Waals surface area contributed by atoms with E-state index >= 15 is 0 Å². The summed E-state index contributed by atoms with van der Waals surface area (Å²) in [6.07, 6.45) is 0. The average Bonchev–Trinajstić information content (AvgIpc) is 3.09. The van der Waals surface area contributed by atoms with Crippen LogP contribution in [0.15, 0.2) is 53.1 Å². The number of nitrogens with zero attached hydrogens (tertiary/aromatic N) is 3. The van der Waals surface area contributed by atoms with E-state index in [4.69, 9.17) is 9.26 Å². The van der Waals surface area contributed by atoms with Gasteiger partial charge < -0.3 is 9.26 Å². The molecule has 130 valence electrons. The van der Waals surface area contributed by atoms with Gasteiger partial charge in [0, 0.05) is 22.7 Å². The minimum atomic E-state index is -0.791. The average molecular weight is 353 g/mol. The van der Waals surface area contributed by atoms with Crippen molar-refractivity contribution >= 4 is 10.9 Å². The molecule has 0 amide bonds. The first-order valence-electron chi connectivity index (χ1n) is 7.87. The molecule has 4 aromatic rings. The lowest BCUT2D eigenvalue weighted by molar-refractivity contribution is 0.234. The third-order valence-electron chi connectivity index (χ3n) is 3.80. The summed E-state index contributed by atoms with van der Waals surface area (Å²) in [6, 6.07) is 12.6. The number of ether oxygens (including phenoxy) is 1. The maximum absolute atomic E-state index is 13.6. The summed E-state index contributed by atoms with van der Waals surface area (Å²) in [6.45, 7) is 1.76. The number of pyridine rings is 1. The summed E-state index contributed by atoms with van der Waals surface area (Å²) in [5.74, 6) is -0.973. The molecular formula is C19H13F2N3O2. The van der Waals surface area contributed by atoms with E-state index in [2.05, 4.69) is 15.1 Å². The summed E-state index contributed by atoms with van der Waals surface area (Å²) >= 11 is 0. The molecule has 0 bridgehead atoms. The van der Waals surface area contributed by atoms with Crippen molar-refractivity contribution < 1.29 is 18.0 Å². The van der Waals surface area contributed by atoms with Crippen molar-refractivity contribution in [3.63, 3.8) is 0 Å². The molecule has 2 heterocycles. The van der Waals surface area contributed by atoms with E-state index in [1.54, 1.807) is 0 Å². The molecule has 0 saturated heterocycles. The van der Waals surface area contributed by atoms with Gasteiger partial charge in [0.1, 0.15) is 5.82 Å². The fourth-order valence-electron chi connectivity index (χ4n) is 2.65. The van der Waals surface area contributed by atoms with Gasteiger partial charge in [-0.2, -0.15) is 4.98 Å². The molecule has 0 unspecified atom stereocenters. The van der Waals surface area contributed by atoms with Crippen molar-refractivity contribution in [3.8, 4) is 17.1 Å². The predicted molar refractivity (Wildman–Crippen MR) is 90.5 cm³/mol. The normalized spacial score (nSPS) is 11.0. The van der Waals surface area contributed by atoms with Crippen molar-refractivity contribution in [2.45, 2.75) is 13.5 Å². The monoisotopic (exact) mass is 353 g/mol. The third kappa shape index (κ3) is 3.11. The van der Waals surface area contributed by atoms with Crippen LogP contribution in [0.2, 0.25) is 0 Å². The topological polar surface area (TPSA) is 61.0 Å². The molecule has 7 heteroatoms. The first kappa shape index (κ1) is 16.1. The summed E-state index contributed by atoms with van der Waals surface area (Å²) in [5, 5.41) is 4.88. The van der Waals surface area contributed by atoms with Gasteiger partial charge in [-0.15, -0.1) is 0 Å². The predicted octanol–water partition coefficient (Wildman–Crippen LogP) is 4.45. The van der Waals surface area contributed by atoms with Crippen LogP contribution in [0.25, 0.3) is 22.3 Å². The summed E-state index contributed by atoms with van der Waals surface area (Å²) in [7, 11) is 0. The van der Waals surface area contributed by atoms with Crippen molar-refractivity contribution in [1.82, 2.24) is 15.1 Å². The molecule has 0 fully saturated rings. The van der Waals surface area contributed by atoms with Crippen LogP contribution in [0.4, 0.5) is 8.78 Å². The van der Waals surface area contributed by atoms with Gasteiger partial charge in [0.2, 0.25) is 5.82 Å². The van der Waals surface area contributed by atoms with Gasteiger partial charge in [0.25, 0.3) is 5.89 Å². The van der Waals surface area contributed by atoms with Gasteiger partial charge in [-0.05, 0) is 31.2 Å². The molecule has 2 aromatic heterocycles. The summed E-state index contributed by atoms with van der Waals surface area (Å²) in [5.41, 5.74) is 2.45. The molecular weight excluding hydrogens is 340 g/mol. The summed E-state index contributed by atoms with van der Waals surface area (Å²) < 4.78 is 37.0. The first-order valence-corrected chi connectivity index (χ1v) is 7.87. The Hall–Kier alpha value is -3.35. The van der Waals surface area contributed by atoms with Crippen LogP contribution in [-0.4, -0.2) is 15.1 Å². The highest BCUT2D eigenvalue weighted by Crippen LogP contribution is 2.27. The fraction of sp³-hybridized carbons (Fsp3) is 0.105. The van der Waals surface area contributed by atoms with Crippen LogP contribution in [0.1, 0.15) is 11.6 Å². The Kier molecular flexibility index (Phi) is 4.04. The molecule has 0 atom stereocenters. The lowest BCUT2D eigenvalue weighted by Gasteiger charge is -2.04. The number of fused-ring (bicyclic) bond motifs is 1. The Morgan fingerprint density at radius 2 is 1.88 bits per heavy atom. The van der Waals surface area contributed by atoms with Crippen LogP contribution < -0.4 is 4.74 Å². The highest BCUT2D eigenvalue weighted by molar-refractivity contribution is 5.92. The molecule has 0 N–H and O–H groups in total. The maximum Gasteiger partial charge on any atom is 0.264 e. The Balaban J connectivity index is 1.61. The minimum Gasteiger partial charge on any atom is -0.481 e. The zero-order chi connectivity index (χ0) is 18.1. The van der Waals surface area contributed by atoms with Crippen molar-refractivity contribution in [3.05, 3.63) is 71.8 Å². The largest absolute Gasteiger partial charge is 0.481 e. The summed E-state index contributed by atoms with van der Waals surface area (Å²) in [4.78, 5) is 8.79. The quantitative estimate of drug-likeness (QED) is 0.542. The molecule has 0 saturated carbocycles. The lowest BCUT2D eigenvalue weighted by atomic mass is 10.1. The van der Waals surface area contributed by atoms with Gasteiger partial charge in [-0.3, -0.25) is 4.98 Å². The Bertz CT molecular complexity index is 1100. The first-order chi connectivity index (χ1) is 12.6. The van der Waals surface area contributed by atoms with E-state index in [9.17, 15) is 8.78 Å². The number of hydrogen-bond acceptors (Lipinski definition) is 5. The molecule has 0 spiro atoms. The second kappa shape index (κ2) is 6.51. The number of halogens is 2. The molecule has 0 aliphatic carbocycles. The minimum absolute atomic E-state index is 0.0867. The Labute approximate surface area is 147 Å². The number of hydrogen-bond donors (Lipinski definition) is 0. The van der Waals surface area contributed by atoms with Crippen LogP contribution in [0.3, 0.4) is 0 Å². The number of benzene rings is 2. The van der Waals surface area contributed by atoms with E-state index in [-0.39, 0.29) is 18.2 Å². The maximum atomic E-state index is 13.6. The Morgan fingerprint density at radius 1 is 1.04 bits per heavy atom. The lowest BCUT2D eigenvalue weighted by Crippen LogP contribution is -1.98. The van der Waals surface area contributed by atoms with Crippen molar-refractivity contribution in [1.29, 1.82) is 0 Å². The van der Waals surface area contributed by atoms with Crippen LogP contribution in [0, 0.1) is 18.6 Å². The van der Waals surface area contributed by atoms with Crippen LogP contribution in [-0.2, 0) is 6.61 Å². The highest BCUT2D eigenvalue weighted by Gasteiger charge is 2.14. The molecule has 26 heavy (non-hydrogen) atoms. The van der Waals surface area contributed by atoms with E-state index in [1.165, 1.54) is 6.07 Å². The van der Waals surface area contributed by atoms with Gasteiger partial charge in [-0.25, -0.2) is 8.78 Å². The van der Waals surface area contributed by atoms with Gasteiger partial charge >= 0.3 is 0 Å². The number of rotatable bonds is 4. The Morgan fingerprint density at radius 3 is 2.73 bits per heavy atom. The number of aromatic nitrogens is 3. The van der Waals surface area contributed by atoms with Gasteiger partial charge in [0.05, 0.1) is 5.52 Å². The van der Waals surface area contributed by atoms with E-state index in [1.807, 2.05) is 37.3 Å². The smallest absolute Gasteiger partial charge is 0.264 e.